The van der Waals surface area contributed by atoms with Crippen LogP contribution in [0.5, 0.6) is 0 Å². The van der Waals surface area contributed by atoms with Crippen molar-refractivity contribution < 1.29 is 0 Å². The van der Waals surface area contributed by atoms with Gasteiger partial charge in [0.15, 0.2) is 0 Å². The van der Waals surface area contributed by atoms with Gasteiger partial charge in [0.05, 0.1) is 11.9 Å². The van der Waals surface area contributed by atoms with Crippen LogP contribution in [0, 0.1) is 5.92 Å². The van der Waals surface area contributed by atoms with Crippen molar-refractivity contribution in [2.24, 2.45) is 5.92 Å². The van der Waals surface area contributed by atoms with Crippen LogP contribution >= 0.6 is 0 Å². The van der Waals surface area contributed by atoms with Gasteiger partial charge in [-0.3, -0.25) is 0 Å². The highest BCUT2D eigenvalue weighted by molar-refractivity contribution is 5.22. The molecule has 0 bridgehead atoms. The lowest BCUT2D eigenvalue weighted by Crippen LogP contribution is -2.27. The predicted octanol–water partition coefficient (Wildman–Crippen LogP) is 2.75. The van der Waals surface area contributed by atoms with E-state index < -0.39 is 0 Å². The van der Waals surface area contributed by atoms with E-state index in [1.54, 1.807) is 0 Å². The summed E-state index contributed by atoms with van der Waals surface area (Å²) in [5, 5.41) is 6.75. The highest BCUT2D eigenvalue weighted by Crippen LogP contribution is 2.16. The van der Waals surface area contributed by atoms with Gasteiger partial charge in [0.1, 0.15) is 0 Å². The van der Waals surface area contributed by atoms with Gasteiger partial charge < -0.3 is 10.6 Å². The largest absolute Gasteiger partial charge is 0.363 e. The van der Waals surface area contributed by atoms with Crippen molar-refractivity contribution in [3.63, 3.8) is 0 Å². The number of unbranched alkanes of at least 4 members (excludes halogenated alkanes) is 2. The van der Waals surface area contributed by atoms with Gasteiger partial charge in [-0.15, -0.1) is 0 Å². The third-order valence-electron chi connectivity index (χ3n) is 2.55. The highest BCUT2D eigenvalue weighted by atomic mass is 15.2. The minimum absolute atomic E-state index is 0.392. The molecule has 2 heteroatoms. The maximum Gasteiger partial charge on any atom is 0.0993 e. The zero-order valence-corrected chi connectivity index (χ0v) is 9.56. The van der Waals surface area contributed by atoms with Crippen LogP contribution in [0.3, 0.4) is 0 Å². The Kier molecular flexibility index (Phi) is 4.05. The van der Waals surface area contributed by atoms with Crippen molar-refractivity contribution in [1.82, 2.24) is 10.6 Å². The molecule has 0 aliphatic carbocycles. The SMILES string of the molecule is C=C1NC(=CCCCC)NC1C(C)C. The standard InChI is InChI=1S/C12H22N2/c1-5-6-7-8-11-13-10(4)12(14-11)9(2)3/h8-9,12-14H,4-7H2,1-3H3. The highest BCUT2D eigenvalue weighted by Gasteiger charge is 2.23. The lowest BCUT2D eigenvalue weighted by Gasteiger charge is -2.14. The van der Waals surface area contributed by atoms with Crippen LogP contribution in [0.1, 0.15) is 40.0 Å². The molecular formula is C12H22N2. The number of nitrogens with one attached hydrogen (secondary N) is 2. The van der Waals surface area contributed by atoms with Crippen LogP contribution < -0.4 is 10.6 Å². The third-order valence-corrected chi connectivity index (χ3v) is 2.55. The molecule has 2 N–H and O–H groups in total. The van der Waals surface area contributed by atoms with Gasteiger partial charge >= 0.3 is 0 Å². The number of hydrogen-bond acceptors (Lipinski definition) is 2. The van der Waals surface area contributed by atoms with Crippen LogP contribution in [-0.4, -0.2) is 6.04 Å². The van der Waals surface area contributed by atoms with E-state index in [4.69, 9.17) is 0 Å². The monoisotopic (exact) mass is 194 g/mol. The van der Waals surface area contributed by atoms with Gasteiger partial charge in [0, 0.05) is 5.70 Å². The second kappa shape index (κ2) is 5.08. The van der Waals surface area contributed by atoms with Gasteiger partial charge in [-0.1, -0.05) is 33.8 Å². The fourth-order valence-corrected chi connectivity index (χ4v) is 1.67. The second-order valence-electron chi connectivity index (χ2n) is 4.28. The molecule has 0 spiro atoms. The van der Waals surface area contributed by atoms with Gasteiger partial charge in [-0.25, -0.2) is 0 Å². The van der Waals surface area contributed by atoms with E-state index in [1.165, 1.54) is 12.8 Å². The summed E-state index contributed by atoms with van der Waals surface area (Å²) in [5.74, 6) is 1.73. The molecule has 0 radical (unpaired) electrons. The minimum atomic E-state index is 0.392. The minimum Gasteiger partial charge on any atom is -0.363 e. The average molecular weight is 194 g/mol. The summed E-state index contributed by atoms with van der Waals surface area (Å²) >= 11 is 0. The topological polar surface area (TPSA) is 24.1 Å². The third kappa shape index (κ3) is 2.79. The molecule has 0 saturated carbocycles. The van der Waals surface area contributed by atoms with E-state index in [0.717, 1.165) is 17.9 Å². The average Bonchev–Trinajstić information content (AvgIpc) is 2.47. The fraction of sp³-hybridized carbons (Fsp3) is 0.667. The molecule has 1 atom stereocenters. The van der Waals surface area contributed by atoms with E-state index in [2.05, 4.69) is 44.1 Å². The van der Waals surface area contributed by atoms with E-state index in [-0.39, 0.29) is 0 Å². The summed E-state index contributed by atoms with van der Waals surface area (Å²) in [7, 11) is 0. The fourth-order valence-electron chi connectivity index (χ4n) is 1.67. The van der Waals surface area contributed by atoms with Gasteiger partial charge in [0.2, 0.25) is 0 Å². The van der Waals surface area contributed by atoms with Crippen LogP contribution in [0.15, 0.2) is 24.2 Å². The van der Waals surface area contributed by atoms with Gasteiger partial charge in [0.25, 0.3) is 0 Å². The van der Waals surface area contributed by atoms with E-state index in [9.17, 15) is 0 Å². The van der Waals surface area contributed by atoms with Gasteiger partial charge in [-0.05, 0) is 24.8 Å². The second-order valence-corrected chi connectivity index (χ2v) is 4.28. The Labute approximate surface area is 87.5 Å². The maximum absolute atomic E-state index is 4.02. The molecule has 0 aromatic rings. The molecule has 80 valence electrons. The first-order chi connectivity index (χ1) is 6.65. The predicted molar refractivity (Wildman–Crippen MR) is 61.6 cm³/mol. The Hall–Kier alpha value is -0.920. The summed E-state index contributed by atoms with van der Waals surface area (Å²) in [4.78, 5) is 0. The molecule has 0 aromatic heterocycles. The first kappa shape index (κ1) is 11.2. The quantitative estimate of drug-likeness (QED) is 0.672. The molecule has 1 aliphatic heterocycles. The smallest absolute Gasteiger partial charge is 0.0993 e. The summed E-state index contributed by atoms with van der Waals surface area (Å²) in [5.41, 5.74) is 1.10. The van der Waals surface area contributed by atoms with Crippen LogP contribution in [0.4, 0.5) is 0 Å². The Morgan fingerprint density at radius 1 is 1.50 bits per heavy atom. The molecule has 1 rings (SSSR count). The molecule has 1 heterocycles. The Morgan fingerprint density at radius 3 is 2.71 bits per heavy atom. The van der Waals surface area contributed by atoms with Crippen molar-refractivity contribution in [2.45, 2.75) is 46.1 Å². The Morgan fingerprint density at radius 2 is 2.21 bits per heavy atom. The first-order valence-corrected chi connectivity index (χ1v) is 5.57. The zero-order valence-electron chi connectivity index (χ0n) is 9.56. The molecular weight excluding hydrogens is 172 g/mol. The molecule has 1 fully saturated rings. The van der Waals surface area contributed by atoms with Crippen molar-refractivity contribution in [2.75, 3.05) is 0 Å². The van der Waals surface area contributed by atoms with Gasteiger partial charge in [-0.2, -0.15) is 0 Å². The normalized spacial score (nSPS) is 24.1. The van der Waals surface area contributed by atoms with E-state index in [1.807, 2.05) is 0 Å². The zero-order chi connectivity index (χ0) is 10.6. The van der Waals surface area contributed by atoms with Crippen molar-refractivity contribution >= 4 is 0 Å². The van der Waals surface area contributed by atoms with E-state index in [0.29, 0.717) is 12.0 Å². The molecule has 2 nitrogen and oxygen atoms in total. The molecule has 0 amide bonds. The Bertz CT molecular complexity index is 228. The van der Waals surface area contributed by atoms with Crippen molar-refractivity contribution in [1.29, 1.82) is 0 Å². The molecule has 1 saturated heterocycles. The first-order valence-electron chi connectivity index (χ1n) is 5.57. The number of rotatable bonds is 4. The van der Waals surface area contributed by atoms with Crippen molar-refractivity contribution in [3.8, 4) is 0 Å². The number of allylic oxidation sites excluding steroid dienone is 1. The van der Waals surface area contributed by atoms with Crippen molar-refractivity contribution in [3.05, 3.63) is 24.2 Å². The Balaban J connectivity index is 2.46. The summed E-state index contributed by atoms with van der Waals surface area (Å²) in [6, 6.07) is 0.392. The molecule has 14 heavy (non-hydrogen) atoms. The summed E-state index contributed by atoms with van der Waals surface area (Å²) in [6.07, 6.45) is 5.88. The van der Waals surface area contributed by atoms with Crippen LogP contribution in [-0.2, 0) is 0 Å². The van der Waals surface area contributed by atoms with Crippen LogP contribution in [0.25, 0.3) is 0 Å². The summed E-state index contributed by atoms with van der Waals surface area (Å²) in [6.45, 7) is 10.6. The molecule has 0 aromatic carbocycles. The lowest BCUT2D eigenvalue weighted by molar-refractivity contribution is 0.513. The number of hydrogen-bond donors (Lipinski definition) is 2. The summed E-state index contributed by atoms with van der Waals surface area (Å²) < 4.78 is 0. The maximum atomic E-state index is 4.02. The lowest BCUT2D eigenvalue weighted by atomic mass is 10.0. The molecule has 1 unspecified atom stereocenters. The molecule has 1 aliphatic rings. The van der Waals surface area contributed by atoms with E-state index >= 15 is 0 Å². The van der Waals surface area contributed by atoms with Crippen LogP contribution in [0.2, 0.25) is 0 Å².